The van der Waals surface area contributed by atoms with Crippen LogP contribution in [-0.4, -0.2) is 20.5 Å². The second-order valence-electron chi connectivity index (χ2n) is 5.40. The van der Waals surface area contributed by atoms with Crippen LogP contribution in [0.25, 0.3) is 16.8 Å². The van der Waals surface area contributed by atoms with E-state index in [4.69, 9.17) is 0 Å². The molecule has 0 aliphatic carbocycles. The second-order valence-corrected chi connectivity index (χ2v) is 5.40. The summed E-state index contributed by atoms with van der Waals surface area (Å²) >= 11 is 0. The lowest BCUT2D eigenvalue weighted by atomic mass is 9.96. The Labute approximate surface area is 127 Å². The molecule has 2 heterocycles. The first-order chi connectivity index (χ1) is 10.6. The normalized spacial score (nSPS) is 12.3. The predicted octanol–water partition coefficient (Wildman–Crippen LogP) is 3.97. The SMILES string of the molecule is CC(C)/C(=N/O)c1c(-c2ccc(F)cc2)nn2ccccc12. The fourth-order valence-electron chi connectivity index (χ4n) is 2.52. The Morgan fingerprint density at radius 1 is 1.18 bits per heavy atom. The van der Waals surface area contributed by atoms with Crippen molar-refractivity contribution in [3.8, 4) is 11.3 Å². The van der Waals surface area contributed by atoms with Crippen LogP contribution in [-0.2, 0) is 0 Å². The highest BCUT2D eigenvalue weighted by atomic mass is 19.1. The van der Waals surface area contributed by atoms with Gasteiger partial charge in [0.15, 0.2) is 0 Å². The Hall–Kier alpha value is -2.69. The Balaban J connectivity index is 2.32. The summed E-state index contributed by atoms with van der Waals surface area (Å²) in [6, 6.07) is 11.9. The van der Waals surface area contributed by atoms with E-state index in [1.165, 1.54) is 12.1 Å². The molecule has 0 aliphatic heterocycles. The summed E-state index contributed by atoms with van der Waals surface area (Å²) < 4.78 is 14.9. The average Bonchev–Trinajstić information content (AvgIpc) is 2.88. The van der Waals surface area contributed by atoms with Crippen LogP contribution < -0.4 is 0 Å². The van der Waals surface area contributed by atoms with Crippen molar-refractivity contribution >= 4 is 11.2 Å². The first-order valence-electron chi connectivity index (χ1n) is 7.07. The third kappa shape index (κ3) is 2.35. The molecule has 0 bridgehead atoms. The van der Waals surface area contributed by atoms with Crippen LogP contribution in [0.3, 0.4) is 0 Å². The minimum atomic E-state index is -0.297. The topological polar surface area (TPSA) is 49.9 Å². The standard InChI is InChI=1S/C17H16FN3O/c1-11(2)16(20-22)15-14-5-3-4-10-21(14)19-17(15)12-6-8-13(18)9-7-12/h3-11,22H,1-2H3/b20-16-. The van der Waals surface area contributed by atoms with Crippen molar-refractivity contribution in [3.05, 3.63) is 60.0 Å². The minimum absolute atomic E-state index is 0.0254. The molecule has 112 valence electrons. The number of nitrogens with zero attached hydrogens (tertiary/aromatic N) is 3. The van der Waals surface area contributed by atoms with Crippen LogP contribution in [0.1, 0.15) is 19.4 Å². The van der Waals surface area contributed by atoms with Crippen molar-refractivity contribution in [2.75, 3.05) is 0 Å². The van der Waals surface area contributed by atoms with Gasteiger partial charge in [-0.2, -0.15) is 5.10 Å². The minimum Gasteiger partial charge on any atom is -0.411 e. The van der Waals surface area contributed by atoms with Gasteiger partial charge in [0.2, 0.25) is 0 Å². The van der Waals surface area contributed by atoms with E-state index < -0.39 is 0 Å². The molecule has 2 aromatic heterocycles. The lowest BCUT2D eigenvalue weighted by molar-refractivity contribution is 0.316. The molecular formula is C17H16FN3O. The molecule has 0 saturated carbocycles. The molecule has 0 atom stereocenters. The van der Waals surface area contributed by atoms with E-state index in [2.05, 4.69) is 10.3 Å². The van der Waals surface area contributed by atoms with E-state index in [9.17, 15) is 9.60 Å². The molecule has 22 heavy (non-hydrogen) atoms. The highest BCUT2D eigenvalue weighted by Crippen LogP contribution is 2.29. The maximum atomic E-state index is 13.2. The molecule has 1 N–H and O–H groups in total. The van der Waals surface area contributed by atoms with Crippen LogP contribution in [0.2, 0.25) is 0 Å². The maximum absolute atomic E-state index is 13.2. The van der Waals surface area contributed by atoms with E-state index in [0.717, 1.165) is 16.6 Å². The summed E-state index contributed by atoms with van der Waals surface area (Å²) in [6.07, 6.45) is 1.83. The van der Waals surface area contributed by atoms with Crippen molar-refractivity contribution in [1.82, 2.24) is 9.61 Å². The second kappa shape index (κ2) is 5.60. The number of hydrogen-bond acceptors (Lipinski definition) is 3. The van der Waals surface area contributed by atoms with Gasteiger partial charge in [-0.3, -0.25) is 0 Å². The monoisotopic (exact) mass is 297 g/mol. The molecule has 0 saturated heterocycles. The van der Waals surface area contributed by atoms with Gasteiger partial charge in [0.25, 0.3) is 0 Å². The molecule has 5 heteroatoms. The first kappa shape index (κ1) is 14.3. The average molecular weight is 297 g/mol. The molecule has 0 fully saturated rings. The lowest BCUT2D eigenvalue weighted by Gasteiger charge is -2.09. The number of benzene rings is 1. The van der Waals surface area contributed by atoms with Crippen LogP contribution in [0, 0.1) is 11.7 Å². The number of rotatable bonds is 3. The summed E-state index contributed by atoms with van der Waals surface area (Å²) in [5, 5.41) is 17.5. The third-order valence-corrected chi connectivity index (χ3v) is 3.57. The number of fused-ring (bicyclic) bond motifs is 1. The van der Waals surface area contributed by atoms with E-state index in [0.29, 0.717) is 11.4 Å². The van der Waals surface area contributed by atoms with Crippen LogP contribution in [0.15, 0.2) is 53.8 Å². The van der Waals surface area contributed by atoms with E-state index >= 15 is 0 Å². The summed E-state index contributed by atoms with van der Waals surface area (Å²) in [4.78, 5) is 0. The largest absolute Gasteiger partial charge is 0.411 e. The number of hydrogen-bond donors (Lipinski definition) is 1. The van der Waals surface area contributed by atoms with Crippen molar-refractivity contribution in [2.24, 2.45) is 11.1 Å². The fourth-order valence-corrected chi connectivity index (χ4v) is 2.52. The molecule has 3 aromatic rings. The maximum Gasteiger partial charge on any atom is 0.123 e. The van der Waals surface area contributed by atoms with Crippen LogP contribution in [0.4, 0.5) is 4.39 Å². The van der Waals surface area contributed by atoms with Gasteiger partial charge >= 0.3 is 0 Å². The molecule has 0 amide bonds. The zero-order valence-corrected chi connectivity index (χ0v) is 12.4. The Bertz CT molecular complexity index is 835. The number of oxime groups is 1. The zero-order valence-electron chi connectivity index (χ0n) is 12.4. The Morgan fingerprint density at radius 3 is 2.55 bits per heavy atom. The van der Waals surface area contributed by atoms with Crippen molar-refractivity contribution < 1.29 is 9.60 Å². The van der Waals surface area contributed by atoms with Crippen molar-refractivity contribution in [1.29, 1.82) is 0 Å². The van der Waals surface area contributed by atoms with Gasteiger partial charge in [0, 0.05) is 11.8 Å². The molecule has 0 unspecified atom stereocenters. The van der Waals surface area contributed by atoms with Gasteiger partial charge in [-0.25, -0.2) is 8.91 Å². The predicted molar refractivity (Wildman–Crippen MR) is 83.7 cm³/mol. The zero-order chi connectivity index (χ0) is 15.7. The highest BCUT2D eigenvalue weighted by Gasteiger charge is 2.21. The molecule has 1 aromatic carbocycles. The summed E-state index contributed by atoms with van der Waals surface area (Å²) in [7, 11) is 0. The Kier molecular flexibility index (Phi) is 3.63. The molecule has 0 radical (unpaired) electrons. The quantitative estimate of drug-likeness (QED) is 0.452. The van der Waals surface area contributed by atoms with Gasteiger partial charge in [-0.1, -0.05) is 25.1 Å². The van der Waals surface area contributed by atoms with Gasteiger partial charge in [0.1, 0.15) is 11.5 Å². The van der Waals surface area contributed by atoms with E-state index in [-0.39, 0.29) is 11.7 Å². The van der Waals surface area contributed by atoms with Gasteiger partial charge in [-0.05, 0) is 42.3 Å². The van der Waals surface area contributed by atoms with E-state index in [1.807, 2.05) is 38.2 Å². The fraction of sp³-hybridized carbons (Fsp3) is 0.176. The van der Waals surface area contributed by atoms with Crippen molar-refractivity contribution in [2.45, 2.75) is 13.8 Å². The lowest BCUT2D eigenvalue weighted by Crippen LogP contribution is -2.10. The van der Waals surface area contributed by atoms with E-state index in [1.54, 1.807) is 16.6 Å². The smallest absolute Gasteiger partial charge is 0.123 e. The number of halogens is 1. The third-order valence-electron chi connectivity index (χ3n) is 3.57. The molecule has 3 rings (SSSR count). The molecule has 0 spiro atoms. The number of aromatic nitrogens is 2. The van der Waals surface area contributed by atoms with Crippen molar-refractivity contribution in [3.63, 3.8) is 0 Å². The highest BCUT2D eigenvalue weighted by molar-refractivity contribution is 6.11. The van der Waals surface area contributed by atoms with Crippen LogP contribution >= 0.6 is 0 Å². The first-order valence-corrected chi connectivity index (χ1v) is 7.07. The molecular weight excluding hydrogens is 281 g/mol. The summed E-state index contributed by atoms with van der Waals surface area (Å²) in [6.45, 7) is 3.91. The molecule has 0 aliphatic rings. The Morgan fingerprint density at radius 2 is 1.91 bits per heavy atom. The van der Waals surface area contributed by atoms with Gasteiger partial charge < -0.3 is 5.21 Å². The number of pyridine rings is 1. The molecule has 4 nitrogen and oxygen atoms in total. The van der Waals surface area contributed by atoms with Gasteiger partial charge in [-0.15, -0.1) is 0 Å². The van der Waals surface area contributed by atoms with Gasteiger partial charge in [0.05, 0.1) is 16.8 Å². The van der Waals surface area contributed by atoms with Crippen LogP contribution in [0.5, 0.6) is 0 Å². The summed E-state index contributed by atoms with van der Waals surface area (Å²) in [5.41, 5.74) is 3.63. The summed E-state index contributed by atoms with van der Waals surface area (Å²) in [5.74, 6) is -0.272.